The largest absolute Gasteiger partial charge is 0.337 e. The second-order valence-corrected chi connectivity index (χ2v) is 8.78. The molecule has 0 aliphatic heterocycles. The van der Waals surface area contributed by atoms with Crippen molar-refractivity contribution in [3.8, 4) is 6.07 Å². The van der Waals surface area contributed by atoms with Crippen molar-refractivity contribution in [2.45, 2.75) is 38.0 Å². The zero-order valence-corrected chi connectivity index (χ0v) is 18.2. The van der Waals surface area contributed by atoms with Gasteiger partial charge in [-0.1, -0.05) is 67.5 Å². The van der Waals surface area contributed by atoms with E-state index in [1.165, 1.54) is 11.8 Å². The molecule has 7 heteroatoms. The first kappa shape index (κ1) is 21.2. The summed E-state index contributed by atoms with van der Waals surface area (Å²) in [5.74, 6) is -0.00844. The normalized spacial score (nSPS) is 13.2. The lowest BCUT2D eigenvalue weighted by molar-refractivity contribution is -0.120. The molecule has 0 fully saturated rings. The molecule has 150 valence electrons. The number of nitrogens with zero attached hydrogens (tertiary/aromatic N) is 3. The maximum atomic E-state index is 12.5. The molecule has 29 heavy (non-hydrogen) atoms. The van der Waals surface area contributed by atoms with Crippen LogP contribution >= 0.6 is 23.4 Å². The molecule has 0 saturated carbocycles. The third-order valence-corrected chi connectivity index (χ3v) is 6.19. The number of carbonyl (C=O) groups is 1. The zero-order valence-electron chi connectivity index (χ0n) is 16.6. The van der Waals surface area contributed by atoms with Crippen LogP contribution in [0.3, 0.4) is 0 Å². The third kappa shape index (κ3) is 4.92. The molecule has 0 saturated heterocycles. The molecular formula is C22H23ClN4OS. The smallest absolute Gasteiger partial charge is 0.231 e. The topological polar surface area (TPSA) is 70.7 Å². The summed E-state index contributed by atoms with van der Waals surface area (Å²) in [6.45, 7) is 6.22. The Kier molecular flexibility index (Phi) is 6.51. The van der Waals surface area contributed by atoms with Gasteiger partial charge in [-0.15, -0.1) is 0 Å². The van der Waals surface area contributed by atoms with E-state index in [4.69, 9.17) is 11.6 Å². The van der Waals surface area contributed by atoms with Gasteiger partial charge in [-0.25, -0.2) is 4.98 Å². The van der Waals surface area contributed by atoms with Crippen LogP contribution in [0, 0.1) is 17.2 Å². The molecular weight excluding hydrogens is 404 g/mol. The van der Waals surface area contributed by atoms with Crippen molar-refractivity contribution in [3.63, 3.8) is 0 Å². The summed E-state index contributed by atoms with van der Waals surface area (Å²) in [6.07, 6.45) is 0. The minimum absolute atomic E-state index is 0.00578. The fraction of sp³-hybridized carbons (Fsp3) is 0.318. The third-order valence-electron chi connectivity index (χ3n) is 4.98. The summed E-state index contributed by atoms with van der Waals surface area (Å²) in [7, 11) is 0. The van der Waals surface area contributed by atoms with Crippen LogP contribution < -0.4 is 5.32 Å². The quantitative estimate of drug-likeness (QED) is 0.546. The van der Waals surface area contributed by atoms with Gasteiger partial charge in [-0.3, -0.25) is 4.79 Å². The van der Waals surface area contributed by atoms with Gasteiger partial charge in [0.1, 0.15) is 5.54 Å². The van der Waals surface area contributed by atoms with E-state index in [1.807, 2.05) is 50.2 Å². The molecule has 1 N–H and O–H groups in total. The van der Waals surface area contributed by atoms with E-state index in [1.54, 1.807) is 6.92 Å². The number of halogens is 1. The van der Waals surface area contributed by atoms with Crippen molar-refractivity contribution in [2.75, 3.05) is 5.75 Å². The Labute approximate surface area is 180 Å². The summed E-state index contributed by atoms with van der Waals surface area (Å²) < 4.78 is 2.09. The summed E-state index contributed by atoms with van der Waals surface area (Å²) in [6, 6.07) is 17.9. The lowest BCUT2D eigenvalue weighted by Gasteiger charge is -2.27. The highest BCUT2D eigenvalue weighted by Crippen LogP contribution is 2.27. The fourth-order valence-electron chi connectivity index (χ4n) is 2.87. The Morgan fingerprint density at radius 3 is 2.69 bits per heavy atom. The van der Waals surface area contributed by atoms with Crippen LogP contribution in [0.4, 0.5) is 0 Å². The van der Waals surface area contributed by atoms with Gasteiger partial charge in [-0.05, 0) is 36.6 Å². The average molecular weight is 427 g/mol. The van der Waals surface area contributed by atoms with Crippen LogP contribution in [0.25, 0.3) is 11.0 Å². The van der Waals surface area contributed by atoms with Gasteiger partial charge in [0.2, 0.25) is 5.91 Å². The first-order chi connectivity index (χ1) is 13.8. The number of benzene rings is 2. The monoisotopic (exact) mass is 426 g/mol. The zero-order chi connectivity index (χ0) is 21.0. The van der Waals surface area contributed by atoms with Gasteiger partial charge >= 0.3 is 0 Å². The number of aromatic nitrogens is 2. The van der Waals surface area contributed by atoms with Gasteiger partial charge in [0.05, 0.1) is 29.4 Å². The minimum atomic E-state index is -0.894. The standard InChI is InChI=1S/C22H23ClN4OS/c1-15(2)22(3,14-24)26-20(28)13-29-21-25-18-11-17(23)9-10-19(18)27(21)12-16-7-5-4-6-8-16/h4-11,15H,12-13H2,1-3H3,(H,26,28)/t22-/m0/s1. The number of imidazole rings is 1. The maximum Gasteiger partial charge on any atom is 0.231 e. The molecule has 1 amide bonds. The second kappa shape index (κ2) is 8.89. The number of amides is 1. The van der Waals surface area contributed by atoms with Crippen LogP contribution in [0.1, 0.15) is 26.3 Å². The van der Waals surface area contributed by atoms with Crippen LogP contribution in [0.5, 0.6) is 0 Å². The maximum absolute atomic E-state index is 12.5. The van der Waals surface area contributed by atoms with E-state index < -0.39 is 5.54 Å². The molecule has 0 aliphatic carbocycles. The predicted molar refractivity (Wildman–Crippen MR) is 118 cm³/mol. The summed E-state index contributed by atoms with van der Waals surface area (Å²) in [5, 5.41) is 13.6. The van der Waals surface area contributed by atoms with Gasteiger partial charge in [0, 0.05) is 5.02 Å². The highest BCUT2D eigenvalue weighted by Gasteiger charge is 2.30. The lowest BCUT2D eigenvalue weighted by Crippen LogP contribution is -2.49. The number of carbonyl (C=O) groups excluding carboxylic acids is 1. The lowest BCUT2D eigenvalue weighted by atomic mass is 9.90. The van der Waals surface area contributed by atoms with Crippen molar-refractivity contribution in [1.29, 1.82) is 5.26 Å². The number of hydrogen-bond acceptors (Lipinski definition) is 4. The van der Waals surface area contributed by atoms with Gasteiger partial charge in [0.25, 0.3) is 0 Å². The highest BCUT2D eigenvalue weighted by molar-refractivity contribution is 7.99. The molecule has 1 atom stereocenters. The first-order valence-corrected chi connectivity index (χ1v) is 10.7. The van der Waals surface area contributed by atoms with E-state index in [0.29, 0.717) is 11.6 Å². The van der Waals surface area contributed by atoms with Crippen LogP contribution in [0.2, 0.25) is 5.02 Å². The Bertz CT molecular complexity index is 1060. The minimum Gasteiger partial charge on any atom is -0.337 e. The molecule has 0 unspecified atom stereocenters. The van der Waals surface area contributed by atoms with Crippen LogP contribution in [0.15, 0.2) is 53.7 Å². The Balaban J connectivity index is 1.84. The molecule has 0 radical (unpaired) electrons. The Morgan fingerprint density at radius 2 is 2.03 bits per heavy atom. The molecule has 2 aromatic carbocycles. The predicted octanol–water partition coefficient (Wildman–Crippen LogP) is 4.88. The molecule has 5 nitrogen and oxygen atoms in total. The number of hydrogen-bond donors (Lipinski definition) is 1. The fourth-order valence-corrected chi connectivity index (χ4v) is 3.85. The Morgan fingerprint density at radius 1 is 1.31 bits per heavy atom. The summed E-state index contributed by atoms with van der Waals surface area (Å²) >= 11 is 7.49. The highest BCUT2D eigenvalue weighted by atomic mass is 35.5. The van der Waals surface area contributed by atoms with E-state index in [0.717, 1.165) is 21.8 Å². The molecule has 0 aliphatic rings. The summed E-state index contributed by atoms with van der Waals surface area (Å²) in [5.41, 5.74) is 2.01. The number of nitriles is 1. The van der Waals surface area contributed by atoms with E-state index in [9.17, 15) is 10.1 Å². The molecule has 3 rings (SSSR count). The molecule has 1 aromatic heterocycles. The molecule has 1 heterocycles. The van der Waals surface area contributed by atoms with Gasteiger partial charge in [-0.2, -0.15) is 5.26 Å². The van der Waals surface area contributed by atoms with Crippen LogP contribution in [-0.4, -0.2) is 26.8 Å². The van der Waals surface area contributed by atoms with Crippen molar-refractivity contribution in [1.82, 2.24) is 14.9 Å². The SMILES string of the molecule is CC(C)[C@](C)(C#N)NC(=O)CSc1nc2cc(Cl)ccc2n1Cc1ccccc1. The van der Waals surface area contributed by atoms with Gasteiger partial charge in [0.15, 0.2) is 5.16 Å². The summed E-state index contributed by atoms with van der Waals surface area (Å²) in [4.78, 5) is 17.2. The molecule has 3 aromatic rings. The molecule has 0 bridgehead atoms. The van der Waals surface area contributed by atoms with Crippen molar-refractivity contribution >= 4 is 40.3 Å². The number of rotatable bonds is 7. The molecule has 0 spiro atoms. The number of fused-ring (bicyclic) bond motifs is 1. The second-order valence-electron chi connectivity index (χ2n) is 7.40. The first-order valence-electron chi connectivity index (χ1n) is 9.37. The van der Waals surface area contributed by atoms with Crippen molar-refractivity contribution in [3.05, 3.63) is 59.1 Å². The average Bonchev–Trinajstić information content (AvgIpc) is 3.03. The van der Waals surface area contributed by atoms with E-state index >= 15 is 0 Å². The Hall–Kier alpha value is -2.49. The van der Waals surface area contributed by atoms with E-state index in [2.05, 4.69) is 33.1 Å². The van der Waals surface area contributed by atoms with Crippen LogP contribution in [-0.2, 0) is 11.3 Å². The number of nitrogens with one attached hydrogen (secondary N) is 1. The van der Waals surface area contributed by atoms with Crippen molar-refractivity contribution < 1.29 is 4.79 Å². The van der Waals surface area contributed by atoms with Crippen molar-refractivity contribution in [2.24, 2.45) is 5.92 Å². The van der Waals surface area contributed by atoms with Gasteiger partial charge < -0.3 is 9.88 Å². The van der Waals surface area contributed by atoms with E-state index in [-0.39, 0.29) is 17.6 Å². The number of thioether (sulfide) groups is 1.